The molecule has 6 heteroatoms. The second-order valence-corrected chi connectivity index (χ2v) is 5.94. The van der Waals surface area contributed by atoms with E-state index in [2.05, 4.69) is 0 Å². The Morgan fingerprint density at radius 3 is 1.62 bits per heavy atom. The third-order valence-electron chi connectivity index (χ3n) is 4.41. The van der Waals surface area contributed by atoms with Crippen LogP contribution in [0.5, 0.6) is 0 Å². The van der Waals surface area contributed by atoms with Crippen LogP contribution in [0.15, 0.2) is 66.7 Å². The summed E-state index contributed by atoms with van der Waals surface area (Å²) in [7, 11) is 0. The Balaban J connectivity index is 1.99. The lowest BCUT2D eigenvalue weighted by atomic mass is 10.0. The highest BCUT2D eigenvalue weighted by Gasteiger charge is 2.27. The fourth-order valence-electron chi connectivity index (χ4n) is 3.22. The Morgan fingerprint density at radius 2 is 1.15 bits per heavy atom. The zero-order valence-corrected chi connectivity index (χ0v) is 13.5. The Kier molecular flexibility index (Phi) is 3.58. The second-order valence-electron chi connectivity index (χ2n) is 5.94. The molecule has 0 N–H and O–H groups in total. The van der Waals surface area contributed by atoms with E-state index < -0.39 is 9.85 Å². The molecular formula is C20H12N2O4. The molecule has 0 bridgehead atoms. The van der Waals surface area contributed by atoms with Crippen LogP contribution in [0.1, 0.15) is 16.7 Å². The first-order valence-corrected chi connectivity index (χ1v) is 7.89. The number of nitrogens with zero attached hydrogens (tertiary/aromatic N) is 2. The van der Waals surface area contributed by atoms with Crippen molar-refractivity contribution in [3.05, 3.63) is 104 Å². The molecule has 0 heterocycles. The minimum absolute atomic E-state index is 0.00924. The van der Waals surface area contributed by atoms with Crippen molar-refractivity contribution in [3.8, 4) is 11.1 Å². The number of fused-ring (bicyclic) bond motifs is 3. The molecule has 1 aliphatic carbocycles. The molecule has 0 atom stereocenters. The van der Waals surface area contributed by atoms with Crippen molar-refractivity contribution in [3.63, 3.8) is 0 Å². The van der Waals surface area contributed by atoms with Gasteiger partial charge in [-0.1, -0.05) is 30.3 Å². The summed E-state index contributed by atoms with van der Waals surface area (Å²) < 4.78 is 0. The van der Waals surface area contributed by atoms with E-state index in [9.17, 15) is 20.2 Å². The lowest BCUT2D eigenvalue weighted by Crippen LogP contribution is -1.90. The van der Waals surface area contributed by atoms with Gasteiger partial charge in [-0.3, -0.25) is 20.2 Å². The lowest BCUT2D eigenvalue weighted by Gasteiger charge is -2.03. The van der Waals surface area contributed by atoms with E-state index >= 15 is 0 Å². The minimum Gasteiger partial charge on any atom is -0.258 e. The van der Waals surface area contributed by atoms with Gasteiger partial charge in [0.1, 0.15) is 0 Å². The van der Waals surface area contributed by atoms with Crippen molar-refractivity contribution in [2.45, 2.75) is 0 Å². The standard InChI is InChI=1S/C20H12N2O4/c23-21(24)14-6-8-16-17-9-7-15(22(25)26)12-20(17)18(19(16)11-14)10-13-4-2-1-3-5-13/h1-12H. The van der Waals surface area contributed by atoms with Crippen LogP contribution in [0.4, 0.5) is 11.4 Å². The van der Waals surface area contributed by atoms with Gasteiger partial charge in [0.15, 0.2) is 0 Å². The highest BCUT2D eigenvalue weighted by Crippen LogP contribution is 2.47. The van der Waals surface area contributed by atoms with Gasteiger partial charge in [-0.05, 0) is 51.6 Å². The molecule has 0 aromatic heterocycles. The highest BCUT2D eigenvalue weighted by molar-refractivity contribution is 6.07. The summed E-state index contributed by atoms with van der Waals surface area (Å²) in [6.45, 7) is 0. The van der Waals surface area contributed by atoms with Gasteiger partial charge in [0.05, 0.1) is 9.85 Å². The largest absolute Gasteiger partial charge is 0.270 e. The molecule has 0 unspecified atom stereocenters. The monoisotopic (exact) mass is 344 g/mol. The highest BCUT2D eigenvalue weighted by atomic mass is 16.6. The number of non-ortho nitro benzene ring substituents is 2. The molecule has 1 aliphatic rings. The van der Waals surface area contributed by atoms with E-state index in [0.29, 0.717) is 11.1 Å². The zero-order valence-electron chi connectivity index (χ0n) is 13.5. The average Bonchev–Trinajstić information content (AvgIpc) is 2.95. The molecule has 0 aliphatic heterocycles. The van der Waals surface area contributed by atoms with Crippen LogP contribution in [0.25, 0.3) is 22.8 Å². The van der Waals surface area contributed by atoms with Crippen LogP contribution in [-0.4, -0.2) is 9.85 Å². The fraction of sp³-hybridized carbons (Fsp3) is 0. The number of rotatable bonds is 3. The Bertz CT molecular complexity index is 1020. The Labute approximate surface area is 148 Å². The van der Waals surface area contributed by atoms with Crippen molar-refractivity contribution in [1.29, 1.82) is 0 Å². The van der Waals surface area contributed by atoms with Gasteiger partial charge in [-0.15, -0.1) is 0 Å². The minimum atomic E-state index is -0.439. The number of hydrogen-bond acceptors (Lipinski definition) is 4. The van der Waals surface area contributed by atoms with Gasteiger partial charge in [-0.25, -0.2) is 0 Å². The van der Waals surface area contributed by atoms with Crippen molar-refractivity contribution in [2.24, 2.45) is 0 Å². The van der Waals surface area contributed by atoms with Gasteiger partial charge in [0.25, 0.3) is 11.4 Å². The van der Waals surface area contributed by atoms with Crippen molar-refractivity contribution in [2.75, 3.05) is 0 Å². The topological polar surface area (TPSA) is 86.3 Å². The summed E-state index contributed by atoms with van der Waals surface area (Å²) in [6, 6.07) is 18.9. The molecule has 126 valence electrons. The normalized spacial score (nSPS) is 11.6. The predicted molar refractivity (Wildman–Crippen MR) is 98.6 cm³/mol. The molecular weight excluding hydrogens is 332 g/mol. The van der Waals surface area contributed by atoms with Crippen LogP contribution in [-0.2, 0) is 0 Å². The first kappa shape index (κ1) is 15.7. The summed E-state index contributed by atoms with van der Waals surface area (Å²) in [5.74, 6) is 0. The molecule has 0 saturated carbocycles. The van der Waals surface area contributed by atoms with E-state index in [1.165, 1.54) is 24.3 Å². The third kappa shape index (κ3) is 2.53. The fourth-order valence-corrected chi connectivity index (χ4v) is 3.22. The van der Waals surface area contributed by atoms with Crippen LogP contribution in [0.3, 0.4) is 0 Å². The quantitative estimate of drug-likeness (QED) is 0.383. The molecule has 0 spiro atoms. The molecule has 3 aromatic carbocycles. The third-order valence-corrected chi connectivity index (χ3v) is 4.41. The molecule has 0 amide bonds. The van der Waals surface area contributed by atoms with E-state index in [1.54, 1.807) is 12.1 Å². The van der Waals surface area contributed by atoms with Crippen molar-refractivity contribution < 1.29 is 9.85 Å². The predicted octanol–water partition coefficient (Wildman–Crippen LogP) is 5.07. The maximum atomic E-state index is 11.2. The number of hydrogen-bond donors (Lipinski definition) is 0. The summed E-state index contributed by atoms with van der Waals surface area (Å²) in [5.41, 5.74) is 4.73. The van der Waals surface area contributed by atoms with E-state index in [-0.39, 0.29) is 11.4 Å². The Morgan fingerprint density at radius 1 is 0.654 bits per heavy atom. The molecule has 3 aromatic rings. The molecule has 0 fully saturated rings. The maximum absolute atomic E-state index is 11.2. The SMILES string of the molecule is O=[N+]([O-])c1ccc2c(c1)C(=Cc1ccccc1)c1cc([N+](=O)[O-])ccc1-2. The van der Waals surface area contributed by atoms with Crippen LogP contribution in [0, 0.1) is 20.2 Å². The molecule has 26 heavy (non-hydrogen) atoms. The van der Waals surface area contributed by atoms with Gasteiger partial charge < -0.3 is 0 Å². The molecule has 0 saturated heterocycles. The van der Waals surface area contributed by atoms with Crippen LogP contribution >= 0.6 is 0 Å². The Hall–Kier alpha value is -3.80. The van der Waals surface area contributed by atoms with Gasteiger partial charge >= 0.3 is 0 Å². The van der Waals surface area contributed by atoms with Crippen LogP contribution in [0.2, 0.25) is 0 Å². The van der Waals surface area contributed by atoms with Crippen LogP contribution < -0.4 is 0 Å². The molecule has 0 radical (unpaired) electrons. The van der Waals surface area contributed by atoms with E-state index in [0.717, 1.165) is 22.3 Å². The smallest absolute Gasteiger partial charge is 0.258 e. The van der Waals surface area contributed by atoms with E-state index in [4.69, 9.17) is 0 Å². The number of benzene rings is 3. The van der Waals surface area contributed by atoms with Gasteiger partial charge in [0.2, 0.25) is 0 Å². The maximum Gasteiger partial charge on any atom is 0.270 e. The zero-order chi connectivity index (χ0) is 18.3. The second kappa shape index (κ2) is 5.93. The summed E-state index contributed by atoms with van der Waals surface area (Å²) in [6.07, 6.45) is 1.90. The van der Waals surface area contributed by atoms with Gasteiger partial charge in [-0.2, -0.15) is 0 Å². The molecule has 6 nitrogen and oxygen atoms in total. The van der Waals surface area contributed by atoms with Crippen molar-refractivity contribution >= 4 is 23.0 Å². The summed E-state index contributed by atoms with van der Waals surface area (Å²) >= 11 is 0. The molecule has 4 rings (SSSR count). The van der Waals surface area contributed by atoms with Gasteiger partial charge in [0, 0.05) is 24.3 Å². The first-order chi connectivity index (χ1) is 12.5. The number of nitro benzene ring substituents is 2. The summed E-state index contributed by atoms with van der Waals surface area (Å²) in [5, 5.41) is 22.4. The number of nitro groups is 2. The van der Waals surface area contributed by atoms with E-state index in [1.807, 2.05) is 36.4 Å². The summed E-state index contributed by atoms with van der Waals surface area (Å²) in [4.78, 5) is 21.5. The lowest BCUT2D eigenvalue weighted by molar-refractivity contribution is -0.385. The first-order valence-electron chi connectivity index (χ1n) is 7.89. The van der Waals surface area contributed by atoms with Crippen molar-refractivity contribution in [1.82, 2.24) is 0 Å². The average molecular weight is 344 g/mol.